The molecule has 3 heterocycles. The lowest BCUT2D eigenvalue weighted by molar-refractivity contribution is 0.0943. The minimum Gasteiger partial charge on any atom is -0.505 e. The zero-order valence-corrected chi connectivity index (χ0v) is 18.7. The van der Waals surface area contributed by atoms with E-state index < -0.39 is 5.91 Å². The second-order valence-corrected chi connectivity index (χ2v) is 8.33. The first kappa shape index (κ1) is 22.7. The van der Waals surface area contributed by atoms with Crippen LogP contribution in [0.4, 0.5) is 5.82 Å². The Bertz CT molecular complexity index is 1240. The maximum Gasteiger partial charge on any atom is 0.274 e. The number of pyridine rings is 2. The number of carbonyl (C=O) groups is 1. The summed E-state index contributed by atoms with van der Waals surface area (Å²) in [6, 6.07) is 10.4. The topological polar surface area (TPSA) is 126 Å². The van der Waals surface area contributed by atoms with Crippen LogP contribution in [0.15, 0.2) is 36.5 Å². The highest BCUT2D eigenvalue weighted by molar-refractivity contribution is 6.31. The van der Waals surface area contributed by atoms with Crippen molar-refractivity contribution in [2.45, 2.75) is 12.6 Å². The standard InChI is InChI=1S/C23H23ClN6O3/c1-29-6-7-30(12-16(29)13-31)20-5-4-17-19(28-20)11-26-21(22(17)32)23(33)27-10-15-3-2-14(9-25)8-18(15)24/h2-5,8,11,16,31-32H,6-7,10,12-13H2,1H3,(H,27,33). The number of hydrogen-bond acceptors (Lipinski definition) is 8. The van der Waals surface area contributed by atoms with E-state index in [4.69, 9.17) is 16.9 Å². The van der Waals surface area contributed by atoms with Gasteiger partial charge in [-0.1, -0.05) is 17.7 Å². The van der Waals surface area contributed by atoms with Crippen molar-refractivity contribution < 1.29 is 15.0 Å². The second-order valence-electron chi connectivity index (χ2n) is 7.92. The van der Waals surface area contributed by atoms with Crippen molar-refractivity contribution in [2.75, 3.05) is 38.2 Å². The molecule has 3 aromatic rings. The van der Waals surface area contributed by atoms with Crippen LogP contribution >= 0.6 is 11.6 Å². The average Bonchev–Trinajstić information content (AvgIpc) is 2.83. The first-order valence-corrected chi connectivity index (χ1v) is 10.8. The number of hydrogen-bond donors (Lipinski definition) is 3. The van der Waals surface area contributed by atoms with Crippen LogP contribution in [0.2, 0.25) is 5.02 Å². The minimum absolute atomic E-state index is 0.0263. The van der Waals surface area contributed by atoms with Crippen LogP contribution in [0.1, 0.15) is 21.6 Å². The van der Waals surface area contributed by atoms with Gasteiger partial charge in [0.15, 0.2) is 11.4 Å². The largest absolute Gasteiger partial charge is 0.505 e. The molecule has 0 saturated carbocycles. The Hall–Kier alpha value is -3.45. The lowest BCUT2D eigenvalue weighted by Gasteiger charge is -2.39. The summed E-state index contributed by atoms with van der Waals surface area (Å²) in [6.07, 6.45) is 1.46. The van der Waals surface area contributed by atoms with Crippen molar-refractivity contribution in [3.05, 3.63) is 58.4 Å². The summed E-state index contributed by atoms with van der Waals surface area (Å²) in [5.41, 5.74) is 1.43. The molecule has 1 aliphatic heterocycles. The lowest BCUT2D eigenvalue weighted by Crippen LogP contribution is -2.53. The van der Waals surface area contributed by atoms with E-state index in [0.29, 0.717) is 33.6 Å². The van der Waals surface area contributed by atoms with Gasteiger partial charge in [-0.05, 0) is 36.9 Å². The number of aromatic nitrogens is 2. The van der Waals surface area contributed by atoms with Crippen LogP contribution in [-0.4, -0.2) is 70.3 Å². The van der Waals surface area contributed by atoms with Crippen LogP contribution in [0.25, 0.3) is 10.9 Å². The van der Waals surface area contributed by atoms with Crippen molar-refractivity contribution in [1.29, 1.82) is 5.26 Å². The Balaban J connectivity index is 1.51. The molecular weight excluding hydrogens is 444 g/mol. The molecule has 4 rings (SSSR count). The van der Waals surface area contributed by atoms with Gasteiger partial charge in [-0.3, -0.25) is 9.69 Å². The molecule has 1 aromatic carbocycles. The molecule has 10 heteroatoms. The maximum atomic E-state index is 12.6. The van der Waals surface area contributed by atoms with E-state index in [1.807, 2.05) is 13.1 Å². The van der Waals surface area contributed by atoms with E-state index in [0.717, 1.165) is 18.9 Å². The number of halogens is 1. The number of amides is 1. The highest BCUT2D eigenvalue weighted by Gasteiger charge is 2.25. The van der Waals surface area contributed by atoms with Gasteiger partial charge in [0.2, 0.25) is 0 Å². The summed E-state index contributed by atoms with van der Waals surface area (Å²) in [5.74, 6) is -0.0757. The Morgan fingerprint density at radius 2 is 2.15 bits per heavy atom. The molecule has 0 bridgehead atoms. The molecule has 9 nitrogen and oxygen atoms in total. The molecule has 1 unspecified atom stereocenters. The van der Waals surface area contributed by atoms with E-state index in [2.05, 4.69) is 25.1 Å². The number of benzene rings is 1. The molecule has 1 amide bonds. The number of nitrogens with zero attached hydrogens (tertiary/aromatic N) is 5. The number of nitrogens with one attached hydrogen (secondary N) is 1. The third kappa shape index (κ3) is 4.68. The third-order valence-electron chi connectivity index (χ3n) is 5.85. The Morgan fingerprint density at radius 3 is 2.88 bits per heavy atom. The fourth-order valence-corrected chi connectivity index (χ4v) is 4.04. The monoisotopic (exact) mass is 466 g/mol. The van der Waals surface area contributed by atoms with Crippen LogP contribution in [0, 0.1) is 11.3 Å². The van der Waals surface area contributed by atoms with E-state index in [9.17, 15) is 15.0 Å². The van der Waals surface area contributed by atoms with E-state index in [1.54, 1.807) is 24.3 Å². The predicted molar refractivity (Wildman–Crippen MR) is 124 cm³/mol. The molecule has 33 heavy (non-hydrogen) atoms. The van der Waals surface area contributed by atoms with Crippen LogP contribution < -0.4 is 10.2 Å². The number of likely N-dealkylation sites (N-methyl/N-ethyl adjacent to an activating group) is 1. The summed E-state index contributed by atoms with van der Waals surface area (Å²) in [4.78, 5) is 25.6. The molecule has 1 fully saturated rings. The first-order chi connectivity index (χ1) is 15.9. The van der Waals surface area contributed by atoms with Gasteiger partial charge < -0.3 is 20.4 Å². The zero-order valence-electron chi connectivity index (χ0n) is 18.0. The Kier molecular flexibility index (Phi) is 6.60. The van der Waals surface area contributed by atoms with Gasteiger partial charge in [-0.2, -0.15) is 5.26 Å². The quantitative estimate of drug-likeness (QED) is 0.520. The molecule has 1 aliphatic rings. The highest BCUT2D eigenvalue weighted by Crippen LogP contribution is 2.29. The summed E-state index contributed by atoms with van der Waals surface area (Å²) >= 11 is 6.16. The summed E-state index contributed by atoms with van der Waals surface area (Å²) < 4.78 is 0. The SMILES string of the molecule is CN1CCN(c2ccc3c(O)c(C(=O)NCc4ccc(C#N)cc4Cl)ncc3n2)CC1CO. The molecule has 1 atom stereocenters. The first-order valence-electron chi connectivity index (χ1n) is 10.4. The number of piperazine rings is 1. The Labute approximate surface area is 195 Å². The number of rotatable bonds is 5. The normalized spacial score (nSPS) is 16.5. The molecule has 170 valence electrons. The number of aliphatic hydroxyl groups excluding tert-OH is 1. The van der Waals surface area contributed by atoms with Crippen molar-refractivity contribution in [3.8, 4) is 11.8 Å². The molecule has 0 spiro atoms. The smallest absolute Gasteiger partial charge is 0.274 e. The Morgan fingerprint density at radius 1 is 1.33 bits per heavy atom. The summed E-state index contributed by atoms with van der Waals surface area (Å²) in [6.45, 7) is 2.40. The van der Waals surface area contributed by atoms with Gasteiger partial charge in [0.05, 0.1) is 36.0 Å². The lowest BCUT2D eigenvalue weighted by atomic mass is 10.1. The van der Waals surface area contributed by atoms with Gasteiger partial charge in [-0.25, -0.2) is 9.97 Å². The number of aromatic hydroxyl groups is 1. The van der Waals surface area contributed by atoms with Crippen molar-refractivity contribution in [1.82, 2.24) is 20.2 Å². The maximum absolute atomic E-state index is 12.6. The number of aliphatic hydroxyl groups is 1. The predicted octanol–water partition coefficient (Wildman–Crippen LogP) is 1.90. The van der Waals surface area contributed by atoms with Gasteiger partial charge in [0, 0.05) is 36.6 Å². The average molecular weight is 467 g/mol. The van der Waals surface area contributed by atoms with E-state index >= 15 is 0 Å². The second kappa shape index (κ2) is 9.58. The molecule has 0 radical (unpaired) electrons. The van der Waals surface area contributed by atoms with Crippen molar-refractivity contribution in [3.63, 3.8) is 0 Å². The fraction of sp³-hybridized carbons (Fsp3) is 0.304. The molecule has 0 aliphatic carbocycles. The van der Waals surface area contributed by atoms with Gasteiger partial charge in [0.25, 0.3) is 5.91 Å². The minimum atomic E-state index is -0.552. The van der Waals surface area contributed by atoms with E-state index in [-0.39, 0.29) is 30.6 Å². The van der Waals surface area contributed by atoms with Crippen LogP contribution in [-0.2, 0) is 6.54 Å². The molecule has 2 aromatic heterocycles. The molecular formula is C23H23ClN6O3. The highest BCUT2D eigenvalue weighted by atomic mass is 35.5. The van der Waals surface area contributed by atoms with Gasteiger partial charge >= 0.3 is 0 Å². The summed E-state index contributed by atoms with van der Waals surface area (Å²) in [7, 11) is 1.98. The summed E-state index contributed by atoms with van der Waals surface area (Å²) in [5, 5.41) is 32.7. The van der Waals surface area contributed by atoms with Gasteiger partial charge in [0.1, 0.15) is 5.82 Å². The van der Waals surface area contributed by atoms with E-state index in [1.165, 1.54) is 12.3 Å². The third-order valence-corrected chi connectivity index (χ3v) is 6.21. The number of nitriles is 1. The zero-order chi connectivity index (χ0) is 23.5. The molecule has 1 saturated heterocycles. The van der Waals surface area contributed by atoms with Crippen molar-refractivity contribution >= 4 is 34.2 Å². The number of anilines is 1. The number of fused-ring (bicyclic) bond motifs is 1. The number of carbonyl (C=O) groups excluding carboxylic acids is 1. The van der Waals surface area contributed by atoms with Gasteiger partial charge in [-0.15, -0.1) is 0 Å². The van der Waals surface area contributed by atoms with Crippen LogP contribution in [0.5, 0.6) is 5.75 Å². The van der Waals surface area contributed by atoms with Crippen LogP contribution in [0.3, 0.4) is 0 Å². The fourth-order valence-electron chi connectivity index (χ4n) is 3.79. The molecule has 3 N–H and O–H groups in total. The van der Waals surface area contributed by atoms with Crippen molar-refractivity contribution in [2.24, 2.45) is 0 Å².